The molecule has 0 aromatic heterocycles. The first-order chi connectivity index (χ1) is 9.19. The van der Waals surface area contributed by atoms with E-state index in [1.165, 1.54) is 0 Å². The van der Waals surface area contributed by atoms with Crippen LogP contribution in [0.25, 0.3) is 6.08 Å². The molecule has 0 N–H and O–H groups in total. The molecule has 1 nitrogen and oxygen atoms in total. The van der Waals surface area contributed by atoms with Crippen molar-refractivity contribution in [3.8, 4) is 0 Å². The predicted octanol–water partition coefficient (Wildman–Crippen LogP) is 4.96. The fourth-order valence-corrected chi connectivity index (χ4v) is 2.13. The minimum atomic E-state index is 0.00241. The van der Waals surface area contributed by atoms with Crippen LogP contribution in [0.1, 0.15) is 15.9 Å². The number of rotatable bonds is 4. The average Bonchev–Trinajstić information content (AvgIpc) is 2.46. The summed E-state index contributed by atoms with van der Waals surface area (Å²) in [5.41, 5.74) is 1.65. The summed E-state index contributed by atoms with van der Waals surface area (Å²) in [6.45, 7) is 0. The van der Waals surface area contributed by atoms with Gasteiger partial charge in [-0.15, -0.1) is 11.8 Å². The standard InChI is InChI=1S/C16H13ClOS/c1-19-15-9-5-13(6-10-15)16(18)11-4-12-2-7-14(17)8-3-12/h2-11H,1H3. The third kappa shape index (κ3) is 3.98. The molecule has 0 aliphatic carbocycles. The van der Waals surface area contributed by atoms with Gasteiger partial charge >= 0.3 is 0 Å². The van der Waals surface area contributed by atoms with Crippen LogP contribution in [0.5, 0.6) is 0 Å². The van der Waals surface area contributed by atoms with E-state index in [-0.39, 0.29) is 5.78 Å². The van der Waals surface area contributed by atoms with Gasteiger partial charge in [0.15, 0.2) is 5.78 Å². The summed E-state index contributed by atoms with van der Waals surface area (Å²) in [6, 6.07) is 15.0. The van der Waals surface area contributed by atoms with Crippen LogP contribution in [0.15, 0.2) is 59.5 Å². The second-order valence-corrected chi connectivity index (χ2v) is 5.29. The minimum absolute atomic E-state index is 0.00241. The molecule has 0 aliphatic heterocycles. The maximum absolute atomic E-state index is 12.0. The molecular weight excluding hydrogens is 276 g/mol. The number of carbonyl (C=O) groups is 1. The lowest BCUT2D eigenvalue weighted by molar-refractivity contribution is 0.104. The topological polar surface area (TPSA) is 17.1 Å². The smallest absolute Gasteiger partial charge is 0.185 e. The van der Waals surface area contributed by atoms with E-state index in [0.717, 1.165) is 10.5 Å². The molecule has 0 saturated heterocycles. The molecule has 3 heteroatoms. The van der Waals surface area contributed by atoms with Gasteiger partial charge in [-0.3, -0.25) is 4.79 Å². The van der Waals surface area contributed by atoms with E-state index in [1.54, 1.807) is 36.0 Å². The number of ketones is 1. The van der Waals surface area contributed by atoms with Gasteiger partial charge in [0.05, 0.1) is 0 Å². The summed E-state index contributed by atoms with van der Waals surface area (Å²) in [6.07, 6.45) is 5.38. The Hall–Kier alpha value is -1.51. The molecular formula is C16H13ClOS. The van der Waals surface area contributed by atoms with Gasteiger partial charge in [0.1, 0.15) is 0 Å². The zero-order chi connectivity index (χ0) is 13.7. The van der Waals surface area contributed by atoms with Crippen molar-refractivity contribution < 1.29 is 4.79 Å². The summed E-state index contributed by atoms with van der Waals surface area (Å²) in [5.74, 6) is 0.00241. The number of hydrogen-bond donors (Lipinski definition) is 0. The van der Waals surface area contributed by atoms with Crippen LogP contribution < -0.4 is 0 Å². The molecule has 0 heterocycles. The first-order valence-corrected chi connectivity index (χ1v) is 7.41. The molecule has 19 heavy (non-hydrogen) atoms. The van der Waals surface area contributed by atoms with Crippen LogP contribution in [-0.2, 0) is 0 Å². The summed E-state index contributed by atoms with van der Waals surface area (Å²) in [4.78, 5) is 13.1. The Kier molecular flexibility index (Phi) is 4.83. The van der Waals surface area contributed by atoms with Crippen LogP contribution in [0.2, 0.25) is 5.02 Å². The summed E-state index contributed by atoms with van der Waals surface area (Å²) >= 11 is 7.46. The maximum atomic E-state index is 12.0. The van der Waals surface area contributed by atoms with Gasteiger partial charge in [-0.25, -0.2) is 0 Å². The Morgan fingerprint density at radius 2 is 1.68 bits per heavy atom. The molecule has 0 aliphatic rings. The van der Waals surface area contributed by atoms with E-state index in [9.17, 15) is 4.79 Å². The average molecular weight is 289 g/mol. The van der Waals surface area contributed by atoms with Crippen molar-refractivity contribution in [3.05, 3.63) is 70.8 Å². The van der Waals surface area contributed by atoms with E-state index in [4.69, 9.17) is 11.6 Å². The quantitative estimate of drug-likeness (QED) is 0.449. The van der Waals surface area contributed by atoms with Crippen molar-refractivity contribution in [1.29, 1.82) is 0 Å². The maximum Gasteiger partial charge on any atom is 0.185 e. The Morgan fingerprint density at radius 1 is 1.05 bits per heavy atom. The molecule has 0 atom stereocenters. The molecule has 2 aromatic rings. The van der Waals surface area contributed by atoms with Crippen LogP contribution in [0.4, 0.5) is 0 Å². The molecule has 0 bridgehead atoms. The Morgan fingerprint density at radius 3 is 2.26 bits per heavy atom. The van der Waals surface area contributed by atoms with Crippen molar-refractivity contribution in [2.45, 2.75) is 4.90 Å². The highest BCUT2D eigenvalue weighted by Gasteiger charge is 2.01. The van der Waals surface area contributed by atoms with Gasteiger partial charge in [0.25, 0.3) is 0 Å². The largest absolute Gasteiger partial charge is 0.289 e. The summed E-state index contributed by atoms with van der Waals surface area (Å²) in [5, 5.41) is 0.691. The molecule has 2 aromatic carbocycles. The van der Waals surface area contributed by atoms with E-state index in [0.29, 0.717) is 10.6 Å². The number of allylic oxidation sites excluding steroid dienone is 1. The Labute approximate surface area is 122 Å². The number of benzene rings is 2. The van der Waals surface area contributed by atoms with Crippen molar-refractivity contribution >= 4 is 35.2 Å². The zero-order valence-corrected chi connectivity index (χ0v) is 12.0. The monoisotopic (exact) mass is 288 g/mol. The second kappa shape index (κ2) is 6.60. The summed E-state index contributed by atoms with van der Waals surface area (Å²) in [7, 11) is 0. The van der Waals surface area contributed by atoms with E-state index >= 15 is 0 Å². The van der Waals surface area contributed by atoms with Crippen molar-refractivity contribution in [2.24, 2.45) is 0 Å². The minimum Gasteiger partial charge on any atom is -0.289 e. The molecule has 0 unspecified atom stereocenters. The molecule has 0 amide bonds. The lowest BCUT2D eigenvalue weighted by atomic mass is 10.1. The lowest BCUT2D eigenvalue weighted by Crippen LogP contribution is -1.93. The van der Waals surface area contributed by atoms with Gasteiger partial charge in [-0.1, -0.05) is 29.8 Å². The number of halogens is 1. The number of hydrogen-bond acceptors (Lipinski definition) is 2. The van der Waals surface area contributed by atoms with E-state index in [1.807, 2.05) is 42.7 Å². The second-order valence-electron chi connectivity index (χ2n) is 3.98. The summed E-state index contributed by atoms with van der Waals surface area (Å²) < 4.78 is 0. The lowest BCUT2D eigenvalue weighted by Gasteiger charge is -1.98. The third-order valence-corrected chi connectivity index (χ3v) is 3.67. The zero-order valence-electron chi connectivity index (χ0n) is 10.5. The first kappa shape index (κ1) is 13.9. The van der Waals surface area contributed by atoms with Crippen LogP contribution >= 0.6 is 23.4 Å². The van der Waals surface area contributed by atoms with Gasteiger partial charge in [-0.05, 0) is 54.3 Å². The molecule has 0 spiro atoms. The van der Waals surface area contributed by atoms with Gasteiger partial charge in [0, 0.05) is 15.5 Å². The van der Waals surface area contributed by atoms with Crippen LogP contribution in [-0.4, -0.2) is 12.0 Å². The van der Waals surface area contributed by atoms with Crippen molar-refractivity contribution in [2.75, 3.05) is 6.26 Å². The normalized spacial score (nSPS) is 10.8. The van der Waals surface area contributed by atoms with Gasteiger partial charge in [-0.2, -0.15) is 0 Å². The number of thioether (sulfide) groups is 1. The third-order valence-electron chi connectivity index (χ3n) is 2.67. The highest BCUT2D eigenvalue weighted by Crippen LogP contribution is 2.16. The fourth-order valence-electron chi connectivity index (χ4n) is 1.60. The highest BCUT2D eigenvalue weighted by atomic mass is 35.5. The van der Waals surface area contributed by atoms with Crippen LogP contribution in [0, 0.1) is 0 Å². The Balaban J connectivity index is 2.09. The van der Waals surface area contributed by atoms with Gasteiger partial charge in [0.2, 0.25) is 0 Å². The van der Waals surface area contributed by atoms with E-state index < -0.39 is 0 Å². The number of carbonyl (C=O) groups excluding carboxylic acids is 1. The van der Waals surface area contributed by atoms with E-state index in [2.05, 4.69) is 0 Å². The fraction of sp³-hybridized carbons (Fsp3) is 0.0625. The molecule has 0 saturated carbocycles. The highest BCUT2D eigenvalue weighted by molar-refractivity contribution is 7.98. The SMILES string of the molecule is CSc1ccc(C(=O)C=Cc2ccc(Cl)cc2)cc1. The van der Waals surface area contributed by atoms with Crippen LogP contribution in [0.3, 0.4) is 0 Å². The molecule has 2 rings (SSSR count). The molecule has 96 valence electrons. The predicted molar refractivity (Wildman–Crippen MR) is 83.0 cm³/mol. The first-order valence-electron chi connectivity index (χ1n) is 5.81. The molecule has 0 fully saturated rings. The van der Waals surface area contributed by atoms with Crippen molar-refractivity contribution in [3.63, 3.8) is 0 Å². The Bertz CT molecular complexity index is 585. The van der Waals surface area contributed by atoms with Crippen molar-refractivity contribution in [1.82, 2.24) is 0 Å². The van der Waals surface area contributed by atoms with Gasteiger partial charge < -0.3 is 0 Å². The molecule has 0 radical (unpaired) electrons.